The molecule has 2 unspecified atom stereocenters. The first kappa shape index (κ1) is 72.1. The third-order valence-electron chi connectivity index (χ3n) is 7.46. The van der Waals surface area contributed by atoms with Gasteiger partial charge in [-0.25, -0.2) is 19.2 Å². The molecule has 24 heteroatoms. The molecule has 2 amide bonds. The summed E-state index contributed by atoms with van der Waals surface area (Å²) in [7, 11) is 0. The molecule has 2 atom stereocenters. The Morgan fingerprint density at radius 3 is 1.36 bits per heavy atom. The van der Waals surface area contributed by atoms with Gasteiger partial charge >= 0.3 is 178 Å². The van der Waals surface area contributed by atoms with Gasteiger partial charge in [0.2, 0.25) is 0 Å². The van der Waals surface area contributed by atoms with Gasteiger partial charge in [0, 0.05) is 30.5 Å². The number of aliphatic carboxylic acids is 1. The molecule has 0 aliphatic heterocycles. The summed E-state index contributed by atoms with van der Waals surface area (Å²) in [4.78, 5) is 79.2. The summed E-state index contributed by atoms with van der Waals surface area (Å²) in [5, 5.41) is 43.9. The van der Waals surface area contributed by atoms with E-state index in [9.17, 15) is 39.4 Å². The zero-order valence-corrected chi connectivity index (χ0v) is 51.0. The summed E-state index contributed by atoms with van der Waals surface area (Å²) in [6.45, 7) is 9.85. The Labute approximate surface area is 539 Å². The predicted molar refractivity (Wildman–Crippen MR) is 228 cm³/mol. The Bertz CT molecular complexity index is 2110. The van der Waals surface area contributed by atoms with Crippen molar-refractivity contribution in [2.45, 2.75) is 90.2 Å². The first-order valence-corrected chi connectivity index (χ1v) is 19.3. The molecule has 0 radical (unpaired) electrons. The van der Waals surface area contributed by atoms with Crippen molar-refractivity contribution >= 4 is 53.6 Å². The van der Waals surface area contributed by atoms with Crippen LogP contribution in [0.4, 0.5) is 21.0 Å². The molecule has 0 saturated carbocycles. The Morgan fingerprint density at radius 1 is 0.672 bits per heavy atom. The molecular formula is C43H51ClIK3N4O15. The number of hydrogen-bond donors (Lipinski definition) is 3. The van der Waals surface area contributed by atoms with Crippen LogP contribution in [0.1, 0.15) is 65.2 Å². The third kappa shape index (κ3) is 33.7. The number of carboxylic acids is 1. The van der Waals surface area contributed by atoms with Crippen LogP contribution >= 0.6 is 11.6 Å². The Morgan fingerprint density at radius 2 is 1.01 bits per heavy atom. The number of amides is 2. The molecule has 0 fully saturated rings. The summed E-state index contributed by atoms with van der Waals surface area (Å²) in [6.07, 6.45) is -1.07. The van der Waals surface area contributed by atoms with Crippen LogP contribution in [0.3, 0.4) is 0 Å². The van der Waals surface area contributed by atoms with E-state index in [-0.39, 0.29) is 228 Å². The van der Waals surface area contributed by atoms with E-state index in [4.69, 9.17) is 41.0 Å². The van der Waals surface area contributed by atoms with Gasteiger partial charge in [-0.05, 0) is 58.7 Å². The number of rotatable bonds is 14. The van der Waals surface area contributed by atoms with E-state index in [2.05, 4.69) is 15.5 Å². The van der Waals surface area contributed by atoms with Crippen LogP contribution in [-0.4, -0.2) is 68.8 Å². The standard InChI is InChI=1S/C21H24N2O6.C14H19NO4.C7H6ClNO2.CH2O3.HI.3K.H/c1-21(2,3)29-20(25)22-17(13-15-9-5-4-6-10-15)19(24)28-14-16-11-7-8-12-18(16)23(26)27;1-14(2,3)19-13(18)15-11(12(16)17)9-10-7-5-4-6-8-10;8-5-6-3-1-2-4-7(6)9(10)11;2-1-4-3;;;;;/h4-12,17H,13-14H2,1-3H3,(H,22,25);4-8,11H,9H2,1-3H3,(H,15,18)(H,16,17);1-4H,5H2;1,3H;1H;;;;/q;;;;;3*+1;-1/p-2. The fourth-order valence-corrected chi connectivity index (χ4v) is 5.08. The van der Waals surface area contributed by atoms with E-state index < -0.39 is 57.3 Å². The number of halogens is 2. The number of ether oxygens (including phenoxy) is 3. The predicted octanol–water partition coefficient (Wildman–Crippen LogP) is -5.12. The Kier molecular flexibility index (Phi) is 42.1. The maximum absolute atomic E-state index is 12.6. The van der Waals surface area contributed by atoms with Crippen LogP contribution < -0.4 is 194 Å². The smallest absolute Gasteiger partial charge is 1.00 e. The van der Waals surface area contributed by atoms with Gasteiger partial charge < -0.3 is 65.5 Å². The topological polar surface area (TPSA) is 276 Å². The van der Waals surface area contributed by atoms with Gasteiger partial charge in [-0.2, -0.15) is 0 Å². The average molecular weight is 1140 g/mol. The molecule has 19 nitrogen and oxygen atoms in total. The van der Waals surface area contributed by atoms with E-state index in [1.807, 2.05) is 60.7 Å². The maximum Gasteiger partial charge on any atom is 1.00 e. The minimum absolute atomic E-state index is 0. The molecule has 4 rings (SSSR count). The Hall–Kier alpha value is -1.48. The average Bonchev–Trinajstić information content (AvgIpc) is 3.22. The van der Waals surface area contributed by atoms with Crippen molar-refractivity contribution in [2.75, 3.05) is 0 Å². The molecule has 0 bridgehead atoms. The second kappa shape index (κ2) is 39.2. The molecule has 0 saturated heterocycles. The zero-order chi connectivity index (χ0) is 47.6. The number of nitro groups is 2. The van der Waals surface area contributed by atoms with Crippen LogP contribution in [0, 0.1) is 20.2 Å². The van der Waals surface area contributed by atoms with Gasteiger partial charge in [-0.15, -0.1) is 11.6 Å². The molecule has 3 N–H and O–H groups in total. The van der Waals surface area contributed by atoms with Gasteiger partial charge in [0.25, 0.3) is 17.8 Å². The first-order chi connectivity index (χ1) is 29.6. The van der Waals surface area contributed by atoms with E-state index in [0.717, 1.165) is 11.1 Å². The number of carbonyl (C=O) groups is 5. The number of para-hydroxylation sites is 2. The number of nitrogens with one attached hydrogen (secondary N) is 2. The largest absolute Gasteiger partial charge is 1.00 e. The van der Waals surface area contributed by atoms with Crippen molar-refractivity contribution in [1.82, 2.24) is 10.6 Å². The van der Waals surface area contributed by atoms with Crippen LogP contribution in [0.15, 0.2) is 109 Å². The van der Waals surface area contributed by atoms with Crippen LogP contribution in [0.2, 0.25) is 0 Å². The van der Waals surface area contributed by atoms with E-state index in [1.165, 1.54) is 24.3 Å². The quantitative estimate of drug-likeness (QED) is 0.0123. The maximum atomic E-state index is 12.6. The van der Waals surface area contributed by atoms with Crippen LogP contribution in [0.25, 0.3) is 0 Å². The summed E-state index contributed by atoms with van der Waals surface area (Å²) < 4.78 is 15.5. The summed E-state index contributed by atoms with van der Waals surface area (Å²) in [6, 6.07) is 28.7. The van der Waals surface area contributed by atoms with Gasteiger partial charge in [-0.1, -0.05) is 91.0 Å². The number of carbonyl (C=O) groups excluding carboxylic acids is 4. The van der Waals surface area contributed by atoms with Crippen LogP contribution in [-0.2, 0) is 58.8 Å². The molecule has 67 heavy (non-hydrogen) atoms. The fraction of sp³-hybridized carbons (Fsp3) is 0.326. The zero-order valence-electron chi connectivity index (χ0n) is 39.8. The van der Waals surface area contributed by atoms with Gasteiger partial charge in [0.05, 0.1) is 21.3 Å². The SMILES string of the molecule is CC(C)(C)OC(=O)NC(Cc1ccccc1)C(=O)O.CC(C)(C)OC(=O)NC(Cc1ccccc1)C(=O)OCc1ccccc1[N+](=O)[O-].O=CO[O-].O=[N+]([O-])c1ccccc1CCl.[H-].[I-].[K+].[K+].[K+]. The number of nitrogens with zero attached hydrogens (tertiary/aromatic N) is 2. The van der Waals surface area contributed by atoms with Crippen molar-refractivity contribution in [3.05, 3.63) is 152 Å². The second-order valence-corrected chi connectivity index (χ2v) is 15.1. The third-order valence-corrected chi connectivity index (χ3v) is 7.75. The molecule has 4 aromatic carbocycles. The number of carboxylic acid groups (broad SMARTS) is 1. The summed E-state index contributed by atoms with van der Waals surface area (Å²) in [5.74, 6) is -1.62. The monoisotopic (exact) mass is 1140 g/mol. The number of esters is 1. The molecule has 0 heterocycles. The summed E-state index contributed by atoms with van der Waals surface area (Å²) in [5.41, 5.74) is 1.04. The fourth-order valence-electron chi connectivity index (χ4n) is 4.85. The van der Waals surface area contributed by atoms with E-state index >= 15 is 0 Å². The minimum atomic E-state index is -1.09. The number of alkyl halides is 1. The number of benzene rings is 4. The van der Waals surface area contributed by atoms with Gasteiger partial charge in [0.1, 0.15) is 29.9 Å². The van der Waals surface area contributed by atoms with Crippen molar-refractivity contribution in [2.24, 2.45) is 0 Å². The normalized spacial score (nSPS) is 10.6. The molecule has 0 spiro atoms. The number of hydrogen-bond acceptors (Lipinski definition) is 14. The molecule has 0 aliphatic carbocycles. The number of alkyl carbamates (subject to hydrolysis) is 2. The van der Waals surface area contributed by atoms with Crippen LogP contribution in [0.5, 0.6) is 0 Å². The van der Waals surface area contributed by atoms with E-state index in [1.54, 1.807) is 65.8 Å². The van der Waals surface area contributed by atoms with Crippen molar-refractivity contribution < 1.29 is 243 Å². The van der Waals surface area contributed by atoms with Gasteiger partial charge in [-0.3, -0.25) is 25.0 Å². The molecular weight excluding hydrogens is 1090 g/mol. The van der Waals surface area contributed by atoms with E-state index in [0.29, 0.717) is 5.56 Å². The molecule has 0 aromatic heterocycles. The Balaban J connectivity index is -0.000000293. The number of nitro benzene ring substituents is 2. The first-order valence-electron chi connectivity index (χ1n) is 18.8. The minimum Gasteiger partial charge on any atom is -1.00 e. The van der Waals surface area contributed by atoms with Gasteiger partial charge in [0.15, 0.2) is 0 Å². The van der Waals surface area contributed by atoms with Crippen molar-refractivity contribution in [3.63, 3.8) is 0 Å². The molecule has 4 aromatic rings. The second-order valence-electron chi connectivity index (χ2n) is 14.8. The van der Waals surface area contributed by atoms with Crippen molar-refractivity contribution in [3.8, 4) is 0 Å². The van der Waals surface area contributed by atoms with Crippen molar-refractivity contribution in [1.29, 1.82) is 0 Å². The summed E-state index contributed by atoms with van der Waals surface area (Å²) >= 11 is 5.47. The molecule has 350 valence electrons. The molecule has 0 aliphatic rings.